The molecule has 4 nitrogen and oxygen atoms in total. The molecule has 0 amide bonds. The summed E-state index contributed by atoms with van der Waals surface area (Å²) in [6.07, 6.45) is 1.72. The zero-order valence-electron chi connectivity index (χ0n) is 9.52. The van der Waals surface area contributed by atoms with Crippen molar-refractivity contribution in [3.05, 3.63) is 0 Å². The molecule has 15 heavy (non-hydrogen) atoms. The van der Waals surface area contributed by atoms with E-state index in [0.717, 1.165) is 6.42 Å². The third-order valence-electron chi connectivity index (χ3n) is 3.04. The summed E-state index contributed by atoms with van der Waals surface area (Å²) in [6, 6.07) is 0. The van der Waals surface area contributed by atoms with Gasteiger partial charge in [-0.1, -0.05) is 13.8 Å². The molecule has 1 aliphatic rings. The smallest absolute Gasteiger partial charge is 0.214 e. The van der Waals surface area contributed by atoms with Gasteiger partial charge in [0.05, 0.1) is 11.9 Å². The molecule has 1 aliphatic heterocycles. The molecular weight excluding hydrogens is 214 g/mol. The highest BCUT2D eigenvalue weighted by Gasteiger charge is 2.32. The van der Waals surface area contributed by atoms with Gasteiger partial charge in [0.25, 0.3) is 0 Å². The van der Waals surface area contributed by atoms with Gasteiger partial charge in [-0.2, -0.15) is 0 Å². The molecular formula is C10H21NO3S. The Bertz CT molecular complexity index is 289. The Morgan fingerprint density at radius 2 is 2.07 bits per heavy atom. The van der Waals surface area contributed by atoms with Crippen LogP contribution in [-0.4, -0.2) is 42.8 Å². The molecule has 0 saturated carbocycles. The van der Waals surface area contributed by atoms with E-state index >= 15 is 0 Å². The summed E-state index contributed by atoms with van der Waals surface area (Å²) in [5.74, 6) is 0.324. The van der Waals surface area contributed by atoms with Crippen LogP contribution in [0.15, 0.2) is 0 Å². The molecule has 0 spiro atoms. The number of aliphatic hydroxyl groups is 1. The number of aliphatic hydroxyl groups excluding tert-OH is 1. The maximum atomic E-state index is 11.8. The minimum Gasteiger partial charge on any atom is -0.393 e. The molecule has 1 saturated heterocycles. The van der Waals surface area contributed by atoms with Crippen molar-refractivity contribution >= 4 is 10.0 Å². The Hall–Kier alpha value is -0.130. The summed E-state index contributed by atoms with van der Waals surface area (Å²) in [4.78, 5) is 0. The molecule has 1 N–H and O–H groups in total. The third-order valence-corrected chi connectivity index (χ3v) is 5.08. The molecule has 0 radical (unpaired) electrons. The second-order valence-corrected chi connectivity index (χ2v) is 6.29. The van der Waals surface area contributed by atoms with Gasteiger partial charge in [0, 0.05) is 13.1 Å². The van der Waals surface area contributed by atoms with Crippen molar-refractivity contribution < 1.29 is 13.5 Å². The topological polar surface area (TPSA) is 57.6 Å². The molecule has 1 heterocycles. The molecule has 1 rings (SSSR count). The first kappa shape index (κ1) is 12.9. The summed E-state index contributed by atoms with van der Waals surface area (Å²) in [5, 5.41) is 9.66. The van der Waals surface area contributed by atoms with Crippen LogP contribution in [0.4, 0.5) is 0 Å². The normalized spacial score (nSPS) is 29.3. The lowest BCUT2D eigenvalue weighted by molar-refractivity contribution is 0.0521. The maximum absolute atomic E-state index is 11.8. The van der Waals surface area contributed by atoms with Crippen molar-refractivity contribution in [2.75, 3.05) is 18.8 Å². The van der Waals surface area contributed by atoms with Crippen LogP contribution in [0, 0.1) is 5.92 Å². The predicted molar refractivity (Wildman–Crippen MR) is 60.1 cm³/mol. The van der Waals surface area contributed by atoms with Crippen LogP contribution in [0.2, 0.25) is 0 Å². The third kappa shape index (κ3) is 3.16. The van der Waals surface area contributed by atoms with Crippen molar-refractivity contribution in [3.8, 4) is 0 Å². The lowest BCUT2D eigenvalue weighted by atomic mass is 9.94. The zero-order chi connectivity index (χ0) is 11.5. The Kier molecular flexibility index (Phi) is 4.55. The van der Waals surface area contributed by atoms with Crippen LogP contribution in [0.1, 0.15) is 33.1 Å². The first-order chi connectivity index (χ1) is 7.01. The van der Waals surface area contributed by atoms with Crippen LogP contribution in [0.25, 0.3) is 0 Å². The standard InChI is InChI=1S/C10H21NO3S/c1-3-7-15(13,14)11-6-5-10(12)9(4-2)8-11/h9-10,12H,3-8H2,1-2H3. The molecule has 90 valence electrons. The van der Waals surface area contributed by atoms with Crippen LogP contribution >= 0.6 is 0 Å². The van der Waals surface area contributed by atoms with Gasteiger partial charge < -0.3 is 5.11 Å². The van der Waals surface area contributed by atoms with Gasteiger partial charge in [-0.3, -0.25) is 0 Å². The van der Waals surface area contributed by atoms with Crippen molar-refractivity contribution in [2.24, 2.45) is 5.92 Å². The number of hydrogen-bond donors (Lipinski definition) is 1. The highest BCUT2D eigenvalue weighted by atomic mass is 32.2. The van der Waals surface area contributed by atoms with Gasteiger partial charge in [0.2, 0.25) is 10.0 Å². The molecule has 0 aromatic carbocycles. The van der Waals surface area contributed by atoms with E-state index in [9.17, 15) is 13.5 Å². The molecule has 0 aliphatic carbocycles. The highest BCUT2D eigenvalue weighted by molar-refractivity contribution is 7.89. The van der Waals surface area contributed by atoms with E-state index in [0.29, 0.717) is 25.9 Å². The van der Waals surface area contributed by atoms with Crippen LogP contribution in [0.3, 0.4) is 0 Å². The Morgan fingerprint density at radius 1 is 1.40 bits per heavy atom. The van der Waals surface area contributed by atoms with Crippen LogP contribution in [0.5, 0.6) is 0 Å². The first-order valence-electron chi connectivity index (χ1n) is 5.67. The molecule has 0 bridgehead atoms. The van der Waals surface area contributed by atoms with E-state index in [2.05, 4.69) is 0 Å². The minimum atomic E-state index is -3.08. The highest BCUT2D eigenvalue weighted by Crippen LogP contribution is 2.22. The fourth-order valence-corrected chi connectivity index (χ4v) is 3.60. The van der Waals surface area contributed by atoms with E-state index in [4.69, 9.17) is 0 Å². The predicted octanol–water partition coefficient (Wildman–Crippen LogP) is 0.819. The molecule has 0 aromatic heterocycles. The zero-order valence-corrected chi connectivity index (χ0v) is 10.3. The molecule has 2 atom stereocenters. The second-order valence-electron chi connectivity index (χ2n) is 4.20. The van der Waals surface area contributed by atoms with E-state index in [1.807, 2.05) is 13.8 Å². The number of hydrogen-bond acceptors (Lipinski definition) is 3. The maximum Gasteiger partial charge on any atom is 0.214 e. The quantitative estimate of drug-likeness (QED) is 0.785. The average molecular weight is 235 g/mol. The Labute approximate surface area is 92.3 Å². The van der Waals surface area contributed by atoms with Crippen molar-refractivity contribution in [2.45, 2.75) is 39.2 Å². The fourth-order valence-electron chi connectivity index (χ4n) is 2.03. The van der Waals surface area contributed by atoms with Gasteiger partial charge in [-0.25, -0.2) is 12.7 Å². The van der Waals surface area contributed by atoms with Crippen LogP contribution < -0.4 is 0 Å². The SMILES string of the molecule is CCCS(=O)(=O)N1CCC(O)C(CC)C1. The van der Waals surface area contributed by atoms with Gasteiger partial charge in [-0.05, 0) is 25.2 Å². The summed E-state index contributed by atoms with van der Waals surface area (Å²) in [7, 11) is -3.08. The number of sulfonamides is 1. The lowest BCUT2D eigenvalue weighted by Gasteiger charge is -2.34. The van der Waals surface area contributed by atoms with Crippen LogP contribution in [-0.2, 0) is 10.0 Å². The van der Waals surface area contributed by atoms with Gasteiger partial charge in [0.15, 0.2) is 0 Å². The van der Waals surface area contributed by atoms with Gasteiger partial charge >= 0.3 is 0 Å². The largest absolute Gasteiger partial charge is 0.393 e. The second kappa shape index (κ2) is 5.27. The molecule has 5 heteroatoms. The lowest BCUT2D eigenvalue weighted by Crippen LogP contribution is -2.46. The summed E-state index contributed by atoms with van der Waals surface area (Å²) >= 11 is 0. The summed E-state index contributed by atoms with van der Waals surface area (Å²) in [6.45, 7) is 4.82. The number of nitrogens with zero attached hydrogens (tertiary/aromatic N) is 1. The van der Waals surface area contributed by atoms with E-state index < -0.39 is 10.0 Å². The van der Waals surface area contributed by atoms with Crippen molar-refractivity contribution in [1.29, 1.82) is 0 Å². The first-order valence-corrected chi connectivity index (χ1v) is 7.28. The Morgan fingerprint density at radius 3 is 2.60 bits per heavy atom. The van der Waals surface area contributed by atoms with Crippen molar-refractivity contribution in [3.63, 3.8) is 0 Å². The monoisotopic (exact) mass is 235 g/mol. The summed E-state index contributed by atoms with van der Waals surface area (Å²) in [5.41, 5.74) is 0. The average Bonchev–Trinajstić information content (AvgIpc) is 2.18. The minimum absolute atomic E-state index is 0.102. The van der Waals surface area contributed by atoms with E-state index in [1.54, 1.807) is 0 Å². The molecule has 1 fully saturated rings. The molecule has 2 unspecified atom stereocenters. The summed E-state index contributed by atoms with van der Waals surface area (Å²) < 4.78 is 25.1. The fraction of sp³-hybridized carbons (Fsp3) is 1.00. The van der Waals surface area contributed by atoms with Gasteiger partial charge in [-0.15, -0.1) is 0 Å². The number of piperidine rings is 1. The molecule has 0 aromatic rings. The van der Waals surface area contributed by atoms with E-state index in [1.165, 1.54) is 4.31 Å². The van der Waals surface area contributed by atoms with Crippen molar-refractivity contribution in [1.82, 2.24) is 4.31 Å². The Balaban J connectivity index is 2.66. The number of rotatable bonds is 4. The van der Waals surface area contributed by atoms with Gasteiger partial charge in [0.1, 0.15) is 0 Å². The van der Waals surface area contributed by atoms with E-state index in [-0.39, 0.29) is 17.8 Å².